The van der Waals surface area contributed by atoms with Gasteiger partial charge in [-0.25, -0.2) is 4.68 Å². The summed E-state index contributed by atoms with van der Waals surface area (Å²) in [6.45, 7) is 7.06. The van der Waals surface area contributed by atoms with Gasteiger partial charge in [0.05, 0.1) is 17.9 Å². The highest BCUT2D eigenvalue weighted by atomic mass is 35.5. The average molecular weight is 311 g/mol. The van der Waals surface area contributed by atoms with Gasteiger partial charge in [0, 0.05) is 19.1 Å². The Hall–Kier alpha value is -1.07. The Kier molecular flexibility index (Phi) is 4.22. The van der Waals surface area contributed by atoms with Gasteiger partial charge in [-0.15, -0.1) is 0 Å². The summed E-state index contributed by atoms with van der Waals surface area (Å²) in [5.41, 5.74) is 0.436. The van der Waals surface area contributed by atoms with Crippen LogP contribution in [0.4, 0.5) is 5.69 Å². The predicted octanol–water partition coefficient (Wildman–Crippen LogP) is 2.37. The maximum Gasteiger partial charge on any atom is 0.287 e. The first-order valence-electron chi connectivity index (χ1n) is 7.81. The molecule has 0 spiro atoms. The summed E-state index contributed by atoms with van der Waals surface area (Å²) in [6, 6.07) is 0.862. The highest BCUT2D eigenvalue weighted by molar-refractivity contribution is 6.32. The van der Waals surface area contributed by atoms with Crippen LogP contribution in [-0.4, -0.2) is 40.4 Å². The first-order valence-corrected chi connectivity index (χ1v) is 8.19. The molecule has 1 saturated heterocycles. The van der Waals surface area contributed by atoms with E-state index in [2.05, 4.69) is 15.3 Å². The number of hydrogen-bond acceptors (Lipinski definition) is 4. The first kappa shape index (κ1) is 14.9. The fraction of sp³-hybridized carbons (Fsp3) is 0.733. The molecule has 0 radical (unpaired) electrons. The summed E-state index contributed by atoms with van der Waals surface area (Å²) in [5.74, 6) is 0.634. The highest BCUT2D eigenvalue weighted by Gasteiger charge is 2.34. The van der Waals surface area contributed by atoms with Gasteiger partial charge in [-0.2, -0.15) is 5.10 Å². The second-order valence-corrected chi connectivity index (χ2v) is 6.86. The molecule has 0 aromatic carbocycles. The number of likely N-dealkylation sites (tertiary alicyclic amines) is 1. The van der Waals surface area contributed by atoms with Crippen LogP contribution in [-0.2, 0) is 0 Å². The van der Waals surface area contributed by atoms with E-state index in [1.54, 1.807) is 6.20 Å². The maximum absolute atomic E-state index is 12.1. The van der Waals surface area contributed by atoms with Crippen LogP contribution in [0.5, 0.6) is 0 Å². The lowest BCUT2D eigenvalue weighted by molar-refractivity contribution is 0.316. The molecule has 3 rings (SSSR count). The van der Waals surface area contributed by atoms with Gasteiger partial charge in [0.2, 0.25) is 0 Å². The Bertz CT molecular complexity index is 567. The van der Waals surface area contributed by atoms with Crippen molar-refractivity contribution in [1.29, 1.82) is 0 Å². The van der Waals surface area contributed by atoms with Crippen molar-refractivity contribution in [2.75, 3.05) is 25.0 Å². The molecule has 1 aromatic rings. The summed E-state index contributed by atoms with van der Waals surface area (Å²) in [4.78, 5) is 14.7. The van der Waals surface area contributed by atoms with Crippen LogP contribution in [0, 0.1) is 5.92 Å². The number of nitrogens with one attached hydrogen (secondary N) is 1. The fourth-order valence-electron chi connectivity index (χ4n) is 2.99. The van der Waals surface area contributed by atoms with Gasteiger partial charge < -0.3 is 10.2 Å². The number of anilines is 1. The zero-order valence-electron chi connectivity index (χ0n) is 12.7. The second kappa shape index (κ2) is 5.97. The SMILES string of the molecule is CC(C)n1ncc(NCC2CCN(C3CC3)C2)c(Cl)c1=O. The molecule has 0 bridgehead atoms. The molecule has 2 aliphatic rings. The molecule has 1 aliphatic heterocycles. The molecule has 2 fully saturated rings. The first-order chi connectivity index (χ1) is 10.1. The molecule has 0 amide bonds. The maximum atomic E-state index is 12.1. The molecule has 1 aliphatic carbocycles. The van der Waals surface area contributed by atoms with Crippen LogP contribution in [0.1, 0.15) is 39.2 Å². The second-order valence-electron chi connectivity index (χ2n) is 6.48. The van der Waals surface area contributed by atoms with Gasteiger partial charge in [0.1, 0.15) is 5.02 Å². The third kappa shape index (κ3) is 3.24. The third-order valence-corrected chi connectivity index (χ3v) is 4.76. The quantitative estimate of drug-likeness (QED) is 0.907. The van der Waals surface area contributed by atoms with Crippen LogP contribution < -0.4 is 10.9 Å². The molecule has 21 heavy (non-hydrogen) atoms. The van der Waals surface area contributed by atoms with Gasteiger partial charge in [0.15, 0.2) is 0 Å². The topological polar surface area (TPSA) is 50.2 Å². The van der Waals surface area contributed by atoms with Crippen molar-refractivity contribution in [2.24, 2.45) is 5.92 Å². The van der Waals surface area contributed by atoms with Gasteiger partial charge in [-0.1, -0.05) is 11.6 Å². The Morgan fingerprint density at radius 1 is 1.43 bits per heavy atom. The van der Waals surface area contributed by atoms with Crippen molar-refractivity contribution in [1.82, 2.24) is 14.7 Å². The minimum Gasteiger partial charge on any atom is -0.382 e. The Labute approximate surface area is 130 Å². The highest BCUT2D eigenvalue weighted by Crippen LogP contribution is 2.31. The monoisotopic (exact) mass is 310 g/mol. The Balaban J connectivity index is 1.60. The van der Waals surface area contributed by atoms with Crippen molar-refractivity contribution < 1.29 is 0 Å². The molecule has 1 atom stereocenters. The van der Waals surface area contributed by atoms with E-state index in [0.717, 1.165) is 19.1 Å². The Morgan fingerprint density at radius 2 is 2.19 bits per heavy atom. The van der Waals surface area contributed by atoms with E-state index in [1.165, 1.54) is 30.5 Å². The van der Waals surface area contributed by atoms with Crippen molar-refractivity contribution in [3.63, 3.8) is 0 Å². The van der Waals surface area contributed by atoms with E-state index in [9.17, 15) is 4.79 Å². The Morgan fingerprint density at radius 3 is 2.86 bits per heavy atom. The zero-order valence-corrected chi connectivity index (χ0v) is 13.4. The van der Waals surface area contributed by atoms with Crippen LogP contribution in [0.15, 0.2) is 11.0 Å². The van der Waals surface area contributed by atoms with Gasteiger partial charge in [-0.05, 0) is 45.6 Å². The third-order valence-electron chi connectivity index (χ3n) is 4.39. The van der Waals surface area contributed by atoms with E-state index in [-0.39, 0.29) is 16.6 Å². The van der Waals surface area contributed by atoms with Crippen molar-refractivity contribution in [2.45, 2.75) is 45.2 Å². The fourth-order valence-corrected chi connectivity index (χ4v) is 3.19. The number of aromatic nitrogens is 2. The number of hydrogen-bond donors (Lipinski definition) is 1. The summed E-state index contributed by atoms with van der Waals surface area (Å²) < 4.78 is 1.41. The number of rotatable bonds is 5. The molecule has 1 N–H and O–H groups in total. The lowest BCUT2D eigenvalue weighted by atomic mass is 10.1. The van der Waals surface area contributed by atoms with E-state index in [4.69, 9.17) is 11.6 Å². The normalized spacial score (nSPS) is 23.0. The lowest BCUT2D eigenvalue weighted by Gasteiger charge is -2.16. The molecule has 2 heterocycles. The molecule has 1 unspecified atom stereocenters. The molecular formula is C15H23ClN4O. The molecule has 1 saturated carbocycles. The standard InChI is InChI=1S/C15H23ClN4O/c1-10(2)20-15(21)14(16)13(8-18-20)17-7-11-5-6-19(9-11)12-3-4-12/h8,10-12,17H,3-7,9H2,1-2H3. The van der Waals surface area contributed by atoms with E-state index >= 15 is 0 Å². The number of nitrogens with zero attached hydrogens (tertiary/aromatic N) is 3. The van der Waals surface area contributed by atoms with E-state index < -0.39 is 0 Å². The van der Waals surface area contributed by atoms with Crippen molar-refractivity contribution >= 4 is 17.3 Å². The molecule has 116 valence electrons. The average Bonchev–Trinajstić information content (AvgIpc) is 3.19. The van der Waals surface area contributed by atoms with Gasteiger partial charge in [0.25, 0.3) is 5.56 Å². The summed E-state index contributed by atoms with van der Waals surface area (Å²) in [6.07, 6.45) is 5.61. The minimum atomic E-state index is -0.220. The molecule has 6 heteroatoms. The smallest absolute Gasteiger partial charge is 0.287 e. The van der Waals surface area contributed by atoms with Gasteiger partial charge in [-0.3, -0.25) is 4.79 Å². The lowest BCUT2D eigenvalue weighted by Crippen LogP contribution is -2.27. The molecule has 1 aromatic heterocycles. The minimum absolute atomic E-state index is 0.0194. The van der Waals surface area contributed by atoms with Crippen LogP contribution in [0.2, 0.25) is 5.02 Å². The van der Waals surface area contributed by atoms with Crippen LogP contribution >= 0.6 is 11.6 Å². The summed E-state index contributed by atoms with van der Waals surface area (Å²) in [5, 5.41) is 7.74. The van der Waals surface area contributed by atoms with E-state index in [0.29, 0.717) is 11.6 Å². The summed E-state index contributed by atoms with van der Waals surface area (Å²) in [7, 11) is 0. The summed E-state index contributed by atoms with van der Waals surface area (Å²) >= 11 is 6.17. The van der Waals surface area contributed by atoms with Crippen LogP contribution in [0.25, 0.3) is 0 Å². The zero-order chi connectivity index (χ0) is 15.0. The number of halogens is 1. The largest absolute Gasteiger partial charge is 0.382 e. The predicted molar refractivity (Wildman–Crippen MR) is 85.1 cm³/mol. The molecule has 5 nitrogen and oxygen atoms in total. The van der Waals surface area contributed by atoms with Crippen LogP contribution in [0.3, 0.4) is 0 Å². The molecular weight excluding hydrogens is 288 g/mol. The van der Waals surface area contributed by atoms with E-state index in [1.807, 2.05) is 13.8 Å². The van der Waals surface area contributed by atoms with Crippen molar-refractivity contribution in [3.8, 4) is 0 Å². The van der Waals surface area contributed by atoms with Gasteiger partial charge >= 0.3 is 0 Å². The van der Waals surface area contributed by atoms with Crippen molar-refractivity contribution in [3.05, 3.63) is 21.6 Å².